The van der Waals surface area contributed by atoms with Gasteiger partial charge in [-0.15, -0.1) is 0 Å². The fourth-order valence-corrected chi connectivity index (χ4v) is 2.30. The SMILES string of the molecule is COc1ccc(NC(=O)c2ccc(C(C)C)cc2)cc1NC(C)=O. The van der Waals surface area contributed by atoms with Crippen LogP contribution in [0.15, 0.2) is 42.5 Å². The minimum Gasteiger partial charge on any atom is -0.495 e. The largest absolute Gasteiger partial charge is 0.495 e. The van der Waals surface area contributed by atoms with E-state index in [9.17, 15) is 9.59 Å². The van der Waals surface area contributed by atoms with Crippen LogP contribution < -0.4 is 15.4 Å². The van der Waals surface area contributed by atoms with Crippen LogP contribution in [0.1, 0.15) is 42.6 Å². The van der Waals surface area contributed by atoms with Gasteiger partial charge in [-0.05, 0) is 41.8 Å². The highest BCUT2D eigenvalue weighted by Gasteiger charge is 2.10. The van der Waals surface area contributed by atoms with Gasteiger partial charge in [0.05, 0.1) is 12.8 Å². The molecular formula is C19H22N2O3. The Morgan fingerprint density at radius 2 is 1.67 bits per heavy atom. The van der Waals surface area contributed by atoms with Gasteiger partial charge in [-0.25, -0.2) is 0 Å². The predicted octanol–water partition coefficient (Wildman–Crippen LogP) is 4.03. The Hall–Kier alpha value is -2.82. The molecule has 0 aliphatic carbocycles. The lowest BCUT2D eigenvalue weighted by Gasteiger charge is -2.12. The van der Waals surface area contributed by atoms with Crippen LogP contribution >= 0.6 is 0 Å². The summed E-state index contributed by atoms with van der Waals surface area (Å²) < 4.78 is 5.20. The molecule has 2 aromatic carbocycles. The molecule has 0 aromatic heterocycles. The van der Waals surface area contributed by atoms with Gasteiger partial charge in [0, 0.05) is 18.2 Å². The van der Waals surface area contributed by atoms with Gasteiger partial charge in [-0.2, -0.15) is 0 Å². The molecule has 5 nitrogen and oxygen atoms in total. The molecule has 0 unspecified atom stereocenters. The lowest BCUT2D eigenvalue weighted by atomic mass is 10.0. The summed E-state index contributed by atoms with van der Waals surface area (Å²) in [5.74, 6) is 0.540. The lowest BCUT2D eigenvalue weighted by molar-refractivity contribution is -0.114. The van der Waals surface area contributed by atoms with Crippen LogP contribution in [-0.4, -0.2) is 18.9 Å². The van der Waals surface area contributed by atoms with E-state index in [2.05, 4.69) is 24.5 Å². The van der Waals surface area contributed by atoms with Crippen molar-refractivity contribution >= 4 is 23.2 Å². The number of carbonyl (C=O) groups is 2. The standard InChI is InChI=1S/C19H22N2O3/c1-12(2)14-5-7-15(8-6-14)19(23)21-16-9-10-18(24-4)17(11-16)20-13(3)22/h5-12H,1-4H3,(H,20,22)(H,21,23). The number of amides is 2. The smallest absolute Gasteiger partial charge is 0.255 e. The summed E-state index contributed by atoms with van der Waals surface area (Å²) in [6.07, 6.45) is 0. The number of hydrogen-bond acceptors (Lipinski definition) is 3. The average Bonchev–Trinajstić information content (AvgIpc) is 2.54. The van der Waals surface area contributed by atoms with Gasteiger partial charge >= 0.3 is 0 Å². The number of methoxy groups -OCH3 is 1. The van der Waals surface area contributed by atoms with E-state index in [-0.39, 0.29) is 11.8 Å². The molecule has 5 heteroatoms. The van der Waals surface area contributed by atoms with Crippen molar-refractivity contribution in [3.8, 4) is 5.75 Å². The molecular weight excluding hydrogens is 304 g/mol. The Kier molecular flexibility index (Phi) is 5.58. The van der Waals surface area contributed by atoms with Crippen molar-refractivity contribution in [2.75, 3.05) is 17.7 Å². The first kappa shape index (κ1) is 17.5. The zero-order chi connectivity index (χ0) is 17.7. The molecule has 126 valence electrons. The first-order valence-corrected chi connectivity index (χ1v) is 7.77. The Balaban J connectivity index is 2.17. The molecule has 0 aliphatic heterocycles. The molecule has 0 heterocycles. The number of carbonyl (C=O) groups excluding carboxylic acids is 2. The topological polar surface area (TPSA) is 67.4 Å². The number of anilines is 2. The number of benzene rings is 2. The fourth-order valence-electron chi connectivity index (χ4n) is 2.30. The van der Waals surface area contributed by atoms with Crippen molar-refractivity contribution in [2.24, 2.45) is 0 Å². The maximum absolute atomic E-state index is 12.4. The van der Waals surface area contributed by atoms with Crippen LogP contribution in [0.5, 0.6) is 5.75 Å². The normalized spacial score (nSPS) is 10.4. The first-order chi connectivity index (χ1) is 11.4. The summed E-state index contributed by atoms with van der Waals surface area (Å²) in [7, 11) is 1.52. The van der Waals surface area contributed by atoms with E-state index in [1.807, 2.05) is 24.3 Å². The van der Waals surface area contributed by atoms with E-state index in [0.29, 0.717) is 28.6 Å². The zero-order valence-electron chi connectivity index (χ0n) is 14.3. The zero-order valence-corrected chi connectivity index (χ0v) is 14.3. The van der Waals surface area contributed by atoms with Gasteiger partial charge in [-0.3, -0.25) is 9.59 Å². The molecule has 0 atom stereocenters. The van der Waals surface area contributed by atoms with Crippen LogP contribution in [0.4, 0.5) is 11.4 Å². The second-order valence-corrected chi connectivity index (χ2v) is 5.83. The second-order valence-electron chi connectivity index (χ2n) is 5.83. The van der Waals surface area contributed by atoms with Crippen molar-refractivity contribution in [1.29, 1.82) is 0 Å². The van der Waals surface area contributed by atoms with Crippen LogP contribution in [0.3, 0.4) is 0 Å². The lowest BCUT2D eigenvalue weighted by Crippen LogP contribution is -2.13. The van der Waals surface area contributed by atoms with E-state index in [1.54, 1.807) is 18.2 Å². The Morgan fingerprint density at radius 1 is 1.00 bits per heavy atom. The Morgan fingerprint density at radius 3 is 2.21 bits per heavy atom. The highest BCUT2D eigenvalue weighted by atomic mass is 16.5. The number of nitrogens with one attached hydrogen (secondary N) is 2. The quantitative estimate of drug-likeness (QED) is 0.871. The Labute approximate surface area is 142 Å². The molecule has 0 bridgehead atoms. The molecule has 0 saturated heterocycles. The molecule has 24 heavy (non-hydrogen) atoms. The maximum atomic E-state index is 12.4. The summed E-state index contributed by atoms with van der Waals surface area (Å²) in [6, 6.07) is 12.6. The van der Waals surface area contributed by atoms with Gasteiger partial charge in [0.15, 0.2) is 0 Å². The maximum Gasteiger partial charge on any atom is 0.255 e. The third-order valence-corrected chi connectivity index (χ3v) is 3.61. The van der Waals surface area contributed by atoms with Crippen LogP contribution in [0.25, 0.3) is 0 Å². The highest BCUT2D eigenvalue weighted by Crippen LogP contribution is 2.28. The van der Waals surface area contributed by atoms with Crippen molar-refractivity contribution in [2.45, 2.75) is 26.7 Å². The molecule has 0 spiro atoms. The molecule has 2 N–H and O–H groups in total. The second kappa shape index (κ2) is 7.64. The van der Waals surface area contributed by atoms with E-state index in [1.165, 1.54) is 19.6 Å². The minimum absolute atomic E-state index is 0.204. The molecule has 0 fully saturated rings. The van der Waals surface area contributed by atoms with E-state index < -0.39 is 0 Å². The minimum atomic E-state index is -0.207. The monoisotopic (exact) mass is 326 g/mol. The fraction of sp³-hybridized carbons (Fsp3) is 0.263. The summed E-state index contributed by atoms with van der Waals surface area (Å²) >= 11 is 0. The Bertz CT molecular complexity index is 737. The van der Waals surface area contributed by atoms with Gasteiger partial charge in [-0.1, -0.05) is 26.0 Å². The summed E-state index contributed by atoms with van der Waals surface area (Å²) in [4.78, 5) is 23.6. The highest BCUT2D eigenvalue weighted by molar-refractivity contribution is 6.04. The third-order valence-electron chi connectivity index (χ3n) is 3.61. The van der Waals surface area contributed by atoms with E-state index in [0.717, 1.165) is 0 Å². The van der Waals surface area contributed by atoms with Crippen molar-refractivity contribution < 1.29 is 14.3 Å². The van der Waals surface area contributed by atoms with Gasteiger partial charge in [0.25, 0.3) is 5.91 Å². The molecule has 0 radical (unpaired) electrons. The summed E-state index contributed by atoms with van der Waals surface area (Å²) in [6.45, 7) is 5.63. The first-order valence-electron chi connectivity index (χ1n) is 7.77. The van der Waals surface area contributed by atoms with Crippen molar-refractivity contribution in [3.63, 3.8) is 0 Å². The van der Waals surface area contributed by atoms with E-state index in [4.69, 9.17) is 4.74 Å². The van der Waals surface area contributed by atoms with Crippen LogP contribution in [0.2, 0.25) is 0 Å². The van der Waals surface area contributed by atoms with Crippen LogP contribution in [0, 0.1) is 0 Å². The molecule has 2 rings (SSSR count). The third kappa shape index (κ3) is 4.35. The predicted molar refractivity (Wildman–Crippen MR) is 95.8 cm³/mol. The van der Waals surface area contributed by atoms with Crippen LogP contribution in [-0.2, 0) is 4.79 Å². The van der Waals surface area contributed by atoms with Gasteiger partial charge < -0.3 is 15.4 Å². The number of ether oxygens (including phenoxy) is 1. The van der Waals surface area contributed by atoms with E-state index >= 15 is 0 Å². The molecule has 2 amide bonds. The number of rotatable bonds is 5. The summed E-state index contributed by atoms with van der Waals surface area (Å²) in [5.41, 5.74) is 2.86. The molecule has 0 aliphatic rings. The molecule has 0 saturated carbocycles. The van der Waals surface area contributed by atoms with Gasteiger partial charge in [0.1, 0.15) is 5.75 Å². The van der Waals surface area contributed by atoms with Crippen molar-refractivity contribution in [3.05, 3.63) is 53.6 Å². The molecule has 2 aromatic rings. The number of hydrogen-bond donors (Lipinski definition) is 2. The van der Waals surface area contributed by atoms with Crippen molar-refractivity contribution in [1.82, 2.24) is 0 Å². The average molecular weight is 326 g/mol. The van der Waals surface area contributed by atoms with Gasteiger partial charge in [0.2, 0.25) is 5.91 Å². The summed E-state index contributed by atoms with van der Waals surface area (Å²) in [5, 5.41) is 5.51.